The second-order valence-electron chi connectivity index (χ2n) is 9.72. The van der Waals surface area contributed by atoms with E-state index in [1.54, 1.807) is 0 Å². The molecule has 2 N–H and O–H groups in total. The first-order chi connectivity index (χ1) is 14.8. The van der Waals surface area contributed by atoms with Crippen molar-refractivity contribution in [3.8, 4) is 11.3 Å². The Morgan fingerprint density at radius 3 is 2.39 bits per heavy atom. The predicted molar refractivity (Wildman–Crippen MR) is 125 cm³/mol. The summed E-state index contributed by atoms with van der Waals surface area (Å²) >= 11 is 0. The fourth-order valence-corrected chi connectivity index (χ4v) is 4.25. The molecule has 2 unspecified atom stereocenters. The van der Waals surface area contributed by atoms with Gasteiger partial charge in [0.25, 0.3) is 0 Å². The lowest BCUT2D eigenvalue weighted by atomic mass is 9.85. The predicted octanol–water partition coefficient (Wildman–Crippen LogP) is 4.98. The Morgan fingerprint density at radius 2 is 1.77 bits per heavy atom. The zero-order chi connectivity index (χ0) is 21.9. The topological polar surface area (TPSA) is 41.9 Å². The van der Waals surface area contributed by atoms with E-state index in [0.717, 1.165) is 30.2 Å². The molecule has 31 heavy (non-hydrogen) atoms. The van der Waals surface area contributed by atoms with E-state index in [9.17, 15) is 0 Å². The van der Waals surface area contributed by atoms with Gasteiger partial charge in [0.1, 0.15) is 11.5 Å². The van der Waals surface area contributed by atoms with Gasteiger partial charge in [-0.05, 0) is 23.9 Å². The zero-order valence-electron chi connectivity index (χ0n) is 18.7. The normalized spacial score (nSPS) is 20.1. The summed E-state index contributed by atoms with van der Waals surface area (Å²) in [6, 6.07) is 20.6. The number of rotatable bonds is 7. The number of nitrogens with one attached hydrogen (secondary N) is 2. The van der Waals surface area contributed by atoms with Crippen molar-refractivity contribution in [3.05, 3.63) is 78.2 Å². The van der Waals surface area contributed by atoms with Gasteiger partial charge in [-0.2, -0.15) is 0 Å². The largest absolute Gasteiger partial charge is 0.329 e. The van der Waals surface area contributed by atoms with Gasteiger partial charge in [-0.25, -0.2) is 9.37 Å². The third kappa shape index (κ3) is 5.23. The molecule has 1 fully saturated rings. The minimum atomic E-state index is -1.21. The van der Waals surface area contributed by atoms with E-state index in [1.807, 2.05) is 24.3 Å². The van der Waals surface area contributed by atoms with E-state index in [4.69, 9.17) is 4.98 Å². The number of hydrogen-bond acceptors (Lipinski definition) is 3. The quantitative estimate of drug-likeness (QED) is 0.567. The van der Waals surface area contributed by atoms with Crippen molar-refractivity contribution in [1.29, 1.82) is 0 Å². The van der Waals surface area contributed by atoms with Gasteiger partial charge in [-0.3, -0.25) is 0 Å². The van der Waals surface area contributed by atoms with Crippen molar-refractivity contribution < 1.29 is 4.39 Å². The highest BCUT2D eigenvalue weighted by molar-refractivity contribution is 5.58. The minimum absolute atomic E-state index is 0.0816. The third-order valence-corrected chi connectivity index (χ3v) is 6.01. The molecule has 3 aromatic rings. The van der Waals surface area contributed by atoms with Crippen molar-refractivity contribution in [1.82, 2.24) is 20.2 Å². The molecule has 1 aliphatic heterocycles. The minimum Gasteiger partial charge on any atom is -0.329 e. The Balaban J connectivity index is 1.70. The van der Waals surface area contributed by atoms with Crippen LogP contribution in [-0.2, 0) is 6.54 Å². The van der Waals surface area contributed by atoms with Gasteiger partial charge < -0.3 is 15.2 Å². The van der Waals surface area contributed by atoms with Gasteiger partial charge in [0.15, 0.2) is 0 Å². The Bertz CT molecular complexity index is 970. The van der Waals surface area contributed by atoms with Crippen LogP contribution in [0.3, 0.4) is 0 Å². The van der Waals surface area contributed by atoms with E-state index in [0.29, 0.717) is 19.5 Å². The molecule has 5 heteroatoms. The molecule has 1 aliphatic rings. The smallest absolute Gasteiger partial charge is 0.136 e. The lowest BCUT2D eigenvalue weighted by molar-refractivity contribution is 0.155. The maximum Gasteiger partial charge on any atom is 0.136 e. The van der Waals surface area contributed by atoms with Crippen LogP contribution in [0.5, 0.6) is 0 Å². The molecule has 0 saturated carbocycles. The van der Waals surface area contributed by atoms with Crippen molar-refractivity contribution in [3.63, 3.8) is 0 Å². The first kappa shape index (κ1) is 21.7. The molecular formula is C26H33FN4. The standard InChI is InChI=1S/C26H33FN4/c1-25(2,3)23(29-19-26(27)14-15-28-18-26)24-30-22(21-12-8-5-9-13-21)17-31(24)16-20-10-6-4-7-11-20/h4-13,17,23,28-29H,14-16,18-19H2,1-3H3. The third-order valence-electron chi connectivity index (χ3n) is 6.01. The average Bonchev–Trinajstić information content (AvgIpc) is 3.36. The molecule has 1 saturated heterocycles. The van der Waals surface area contributed by atoms with Crippen LogP contribution >= 0.6 is 0 Å². The molecule has 164 valence electrons. The summed E-state index contributed by atoms with van der Waals surface area (Å²) in [6.45, 7) is 8.75. The highest BCUT2D eigenvalue weighted by Gasteiger charge is 2.37. The van der Waals surface area contributed by atoms with Gasteiger partial charge in [0, 0.05) is 31.4 Å². The molecule has 0 aliphatic carbocycles. The molecule has 0 amide bonds. The van der Waals surface area contributed by atoms with Crippen molar-refractivity contribution in [2.75, 3.05) is 19.6 Å². The van der Waals surface area contributed by atoms with E-state index in [2.05, 4.69) is 78.6 Å². The molecule has 0 bridgehead atoms. The molecule has 1 aromatic heterocycles. The molecule has 4 nitrogen and oxygen atoms in total. The number of imidazole rings is 1. The zero-order valence-corrected chi connectivity index (χ0v) is 18.7. The van der Waals surface area contributed by atoms with Crippen LogP contribution in [0, 0.1) is 5.41 Å². The van der Waals surface area contributed by atoms with E-state index >= 15 is 4.39 Å². The highest BCUT2D eigenvalue weighted by atomic mass is 19.1. The highest BCUT2D eigenvalue weighted by Crippen LogP contribution is 2.35. The second-order valence-corrected chi connectivity index (χ2v) is 9.72. The Morgan fingerprint density at radius 1 is 1.10 bits per heavy atom. The Kier molecular flexibility index (Phi) is 6.26. The van der Waals surface area contributed by atoms with Crippen LogP contribution in [0.1, 0.15) is 44.6 Å². The molecule has 4 rings (SSSR count). The van der Waals surface area contributed by atoms with Gasteiger partial charge in [0.2, 0.25) is 0 Å². The van der Waals surface area contributed by atoms with Crippen molar-refractivity contribution in [2.24, 2.45) is 5.41 Å². The lowest BCUT2D eigenvalue weighted by Gasteiger charge is -2.33. The SMILES string of the molecule is CC(C)(C)C(NCC1(F)CCNC1)c1nc(-c2ccccc2)cn1Cc1ccccc1. The maximum absolute atomic E-state index is 15.1. The number of hydrogen-bond donors (Lipinski definition) is 2. The lowest BCUT2D eigenvalue weighted by Crippen LogP contribution is -2.44. The summed E-state index contributed by atoms with van der Waals surface area (Å²) in [5.41, 5.74) is 1.92. The van der Waals surface area contributed by atoms with Crippen LogP contribution in [-0.4, -0.2) is 34.9 Å². The van der Waals surface area contributed by atoms with Gasteiger partial charge in [-0.15, -0.1) is 0 Å². The van der Waals surface area contributed by atoms with E-state index < -0.39 is 5.67 Å². The number of nitrogens with zero attached hydrogens (tertiary/aromatic N) is 2. The fourth-order valence-electron chi connectivity index (χ4n) is 4.25. The summed E-state index contributed by atoms with van der Waals surface area (Å²) < 4.78 is 17.4. The number of benzene rings is 2. The van der Waals surface area contributed by atoms with E-state index in [-0.39, 0.29) is 11.5 Å². The second kappa shape index (κ2) is 8.93. The molecular weight excluding hydrogens is 387 g/mol. The van der Waals surface area contributed by atoms with Crippen LogP contribution in [0.25, 0.3) is 11.3 Å². The van der Waals surface area contributed by atoms with Gasteiger partial charge in [0.05, 0.1) is 11.7 Å². The first-order valence-corrected chi connectivity index (χ1v) is 11.1. The Hall–Kier alpha value is -2.50. The van der Waals surface area contributed by atoms with Crippen LogP contribution in [0.4, 0.5) is 4.39 Å². The van der Waals surface area contributed by atoms with Crippen LogP contribution < -0.4 is 10.6 Å². The van der Waals surface area contributed by atoms with Gasteiger partial charge in [-0.1, -0.05) is 81.4 Å². The summed E-state index contributed by atoms with van der Waals surface area (Å²) in [5.74, 6) is 0.949. The molecule has 0 radical (unpaired) electrons. The van der Waals surface area contributed by atoms with Gasteiger partial charge >= 0.3 is 0 Å². The van der Waals surface area contributed by atoms with Crippen molar-refractivity contribution >= 4 is 0 Å². The van der Waals surface area contributed by atoms with Crippen LogP contribution in [0.15, 0.2) is 66.9 Å². The molecule has 2 atom stereocenters. The van der Waals surface area contributed by atoms with Crippen LogP contribution in [0.2, 0.25) is 0 Å². The molecule has 0 spiro atoms. The summed E-state index contributed by atoms with van der Waals surface area (Å²) in [5, 5.41) is 6.70. The fraction of sp³-hybridized carbons (Fsp3) is 0.423. The first-order valence-electron chi connectivity index (χ1n) is 11.1. The van der Waals surface area contributed by atoms with Crippen molar-refractivity contribution in [2.45, 2.75) is 45.4 Å². The Labute approximate surface area is 184 Å². The number of halogens is 1. The average molecular weight is 421 g/mol. The number of aromatic nitrogens is 2. The maximum atomic E-state index is 15.1. The number of alkyl halides is 1. The van der Waals surface area contributed by atoms with E-state index in [1.165, 1.54) is 5.56 Å². The summed E-state index contributed by atoms with van der Waals surface area (Å²) in [6.07, 6.45) is 2.67. The monoisotopic (exact) mass is 420 g/mol. The molecule has 2 heterocycles. The summed E-state index contributed by atoms with van der Waals surface area (Å²) in [4.78, 5) is 5.07. The summed E-state index contributed by atoms with van der Waals surface area (Å²) in [7, 11) is 0. The molecule has 2 aromatic carbocycles.